The van der Waals surface area contributed by atoms with Gasteiger partial charge in [0, 0.05) is 24.7 Å². The first-order chi connectivity index (χ1) is 15.8. The van der Waals surface area contributed by atoms with Crippen LogP contribution in [0.3, 0.4) is 0 Å². The number of rotatable bonds is 8. The molecule has 3 rings (SSSR count). The van der Waals surface area contributed by atoms with Crippen molar-refractivity contribution in [1.82, 2.24) is 4.90 Å². The van der Waals surface area contributed by atoms with Gasteiger partial charge in [0.2, 0.25) is 5.91 Å². The first kappa shape index (κ1) is 23.8. The summed E-state index contributed by atoms with van der Waals surface area (Å²) in [6, 6.07) is 12.5. The summed E-state index contributed by atoms with van der Waals surface area (Å²) in [5.74, 6) is -1.78. The molecule has 2 aromatic carbocycles. The molecule has 1 aliphatic heterocycles. The quantitative estimate of drug-likeness (QED) is 0.482. The van der Waals surface area contributed by atoms with Gasteiger partial charge in [-0.1, -0.05) is 25.1 Å². The zero-order valence-corrected chi connectivity index (χ0v) is 18.5. The van der Waals surface area contributed by atoms with Gasteiger partial charge in [-0.2, -0.15) is 0 Å². The van der Waals surface area contributed by atoms with Crippen LogP contribution in [0.15, 0.2) is 48.5 Å². The first-order valence-corrected chi connectivity index (χ1v) is 10.6. The number of fused-ring (bicyclic) bond motifs is 1. The summed E-state index contributed by atoms with van der Waals surface area (Å²) in [4.78, 5) is 51.5. The molecule has 1 unspecified atom stereocenters. The van der Waals surface area contributed by atoms with Gasteiger partial charge in [0.05, 0.1) is 0 Å². The average molecular weight is 454 g/mol. The third-order valence-corrected chi connectivity index (χ3v) is 5.29. The molecule has 0 saturated carbocycles. The summed E-state index contributed by atoms with van der Waals surface area (Å²) in [6.45, 7) is 3.17. The number of nitrogens with zero attached hydrogens (tertiary/aromatic N) is 2. The molecule has 1 heterocycles. The number of aliphatic carboxylic acids is 1. The number of hydrogen-bond acceptors (Lipinski definition) is 6. The third kappa shape index (κ3) is 5.68. The van der Waals surface area contributed by atoms with Crippen molar-refractivity contribution in [1.29, 1.82) is 0 Å². The molecule has 0 aliphatic carbocycles. The molecule has 2 amide bonds. The Morgan fingerprint density at radius 1 is 1.03 bits per heavy atom. The fourth-order valence-corrected chi connectivity index (χ4v) is 3.68. The fourth-order valence-electron chi connectivity index (χ4n) is 3.68. The van der Waals surface area contributed by atoms with E-state index in [0.29, 0.717) is 22.6 Å². The van der Waals surface area contributed by atoms with Gasteiger partial charge in [0.15, 0.2) is 0 Å². The number of para-hydroxylation sites is 1. The van der Waals surface area contributed by atoms with Crippen LogP contribution in [-0.4, -0.2) is 59.6 Å². The molecule has 0 saturated heterocycles. The predicted octanol–water partition coefficient (Wildman–Crippen LogP) is 2.48. The van der Waals surface area contributed by atoms with E-state index >= 15 is 0 Å². The van der Waals surface area contributed by atoms with Crippen molar-refractivity contribution in [2.75, 3.05) is 24.7 Å². The maximum Gasteiger partial charge on any atom is 0.326 e. The Bertz CT molecular complexity index is 1040. The molecule has 9 nitrogen and oxygen atoms in total. The molecule has 1 atom stereocenters. The topological polar surface area (TPSA) is 113 Å². The maximum absolute atomic E-state index is 13.3. The van der Waals surface area contributed by atoms with Crippen LogP contribution in [0.2, 0.25) is 0 Å². The number of carbonyl (C=O) groups excluding carboxylic acids is 3. The normalized spacial score (nSPS) is 14.2. The van der Waals surface area contributed by atoms with Crippen molar-refractivity contribution in [3.63, 3.8) is 0 Å². The van der Waals surface area contributed by atoms with Gasteiger partial charge in [0.25, 0.3) is 5.91 Å². The van der Waals surface area contributed by atoms with E-state index < -0.39 is 17.9 Å². The second-order valence-electron chi connectivity index (χ2n) is 7.52. The van der Waals surface area contributed by atoms with Crippen LogP contribution in [0, 0.1) is 0 Å². The molecule has 0 bridgehead atoms. The Balaban J connectivity index is 1.80. The molecule has 33 heavy (non-hydrogen) atoms. The van der Waals surface area contributed by atoms with Gasteiger partial charge >= 0.3 is 11.9 Å². The Kier molecular flexibility index (Phi) is 7.66. The van der Waals surface area contributed by atoms with Gasteiger partial charge in [-0.25, -0.2) is 4.79 Å². The van der Waals surface area contributed by atoms with E-state index in [4.69, 9.17) is 9.47 Å². The Hall–Kier alpha value is -3.88. The second-order valence-corrected chi connectivity index (χ2v) is 7.52. The molecular formula is C24H26N2O7. The van der Waals surface area contributed by atoms with Crippen LogP contribution in [-0.2, 0) is 25.7 Å². The zero-order chi connectivity index (χ0) is 24.0. The van der Waals surface area contributed by atoms with Gasteiger partial charge in [-0.3, -0.25) is 19.3 Å². The van der Waals surface area contributed by atoms with E-state index in [1.807, 2.05) is 0 Å². The third-order valence-electron chi connectivity index (χ3n) is 5.29. The van der Waals surface area contributed by atoms with E-state index in [1.54, 1.807) is 55.5 Å². The molecule has 1 N–H and O–H groups in total. The number of ether oxygens (including phenoxy) is 2. The molecule has 2 aromatic rings. The maximum atomic E-state index is 13.3. The minimum Gasteiger partial charge on any atom is -0.490 e. The lowest BCUT2D eigenvalue weighted by Crippen LogP contribution is -2.47. The molecule has 1 aliphatic rings. The number of carboxylic acids is 1. The smallest absolute Gasteiger partial charge is 0.326 e. The van der Waals surface area contributed by atoms with Crippen molar-refractivity contribution >= 4 is 29.4 Å². The molecular weight excluding hydrogens is 428 g/mol. The number of carbonyl (C=O) groups is 4. The standard InChI is InChI=1S/C24H26N2O7/c1-3-20(24(30)31)25-14-18-6-4-5-7-21(18)26(15-22(25)28)23(29)17-8-10-19(11-9-17)33-13-12-32-16(2)27/h4-11,20H,3,12-15H2,1-2H3,(H,30,31). The number of carboxylic acid groups (broad SMARTS) is 1. The van der Waals surface area contributed by atoms with Crippen LogP contribution in [0.4, 0.5) is 5.69 Å². The summed E-state index contributed by atoms with van der Waals surface area (Å²) in [5.41, 5.74) is 1.62. The average Bonchev–Trinajstić information content (AvgIpc) is 2.94. The van der Waals surface area contributed by atoms with E-state index in [2.05, 4.69) is 0 Å². The minimum absolute atomic E-state index is 0.110. The Morgan fingerprint density at radius 2 is 1.73 bits per heavy atom. The van der Waals surface area contributed by atoms with Gasteiger partial charge in [-0.05, 0) is 42.3 Å². The summed E-state index contributed by atoms with van der Waals surface area (Å²) in [6.07, 6.45) is 0.260. The Labute approximate surface area is 191 Å². The van der Waals surface area contributed by atoms with Crippen molar-refractivity contribution in [3.05, 3.63) is 59.7 Å². The highest BCUT2D eigenvalue weighted by molar-refractivity contribution is 6.09. The molecule has 0 aromatic heterocycles. The van der Waals surface area contributed by atoms with E-state index in [9.17, 15) is 24.3 Å². The second kappa shape index (κ2) is 10.6. The predicted molar refractivity (Wildman–Crippen MR) is 119 cm³/mol. The van der Waals surface area contributed by atoms with Crippen LogP contribution in [0.25, 0.3) is 0 Å². The van der Waals surface area contributed by atoms with Gasteiger partial charge in [0.1, 0.15) is 31.5 Å². The van der Waals surface area contributed by atoms with E-state index in [-0.39, 0.29) is 44.6 Å². The lowest BCUT2D eigenvalue weighted by Gasteiger charge is -2.27. The monoisotopic (exact) mass is 454 g/mol. The highest BCUT2D eigenvalue weighted by Crippen LogP contribution is 2.28. The number of anilines is 1. The van der Waals surface area contributed by atoms with Crippen molar-refractivity contribution < 1.29 is 33.8 Å². The Morgan fingerprint density at radius 3 is 2.36 bits per heavy atom. The van der Waals surface area contributed by atoms with Crippen molar-refractivity contribution in [2.24, 2.45) is 0 Å². The van der Waals surface area contributed by atoms with E-state index in [0.717, 1.165) is 0 Å². The molecule has 0 fully saturated rings. The first-order valence-electron chi connectivity index (χ1n) is 10.6. The molecule has 0 spiro atoms. The van der Waals surface area contributed by atoms with Crippen molar-refractivity contribution in [2.45, 2.75) is 32.9 Å². The van der Waals surface area contributed by atoms with Crippen LogP contribution < -0.4 is 9.64 Å². The summed E-state index contributed by atoms with van der Waals surface area (Å²) < 4.78 is 10.3. The van der Waals surface area contributed by atoms with E-state index in [1.165, 1.54) is 16.7 Å². The highest BCUT2D eigenvalue weighted by Gasteiger charge is 2.35. The highest BCUT2D eigenvalue weighted by atomic mass is 16.6. The number of benzene rings is 2. The summed E-state index contributed by atoms with van der Waals surface area (Å²) in [5, 5.41) is 9.56. The lowest BCUT2D eigenvalue weighted by atomic mass is 10.1. The SMILES string of the molecule is CCC(C(=O)O)N1Cc2ccccc2N(C(=O)c2ccc(OCCOC(C)=O)cc2)CC1=O. The molecule has 9 heteroatoms. The summed E-state index contributed by atoms with van der Waals surface area (Å²) in [7, 11) is 0. The number of amides is 2. The van der Waals surface area contributed by atoms with Crippen LogP contribution in [0.5, 0.6) is 5.75 Å². The largest absolute Gasteiger partial charge is 0.490 e. The number of esters is 1. The molecule has 0 radical (unpaired) electrons. The minimum atomic E-state index is -1.08. The van der Waals surface area contributed by atoms with Crippen molar-refractivity contribution in [3.8, 4) is 5.75 Å². The summed E-state index contributed by atoms with van der Waals surface area (Å²) >= 11 is 0. The van der Waals surface area contributed by atoms with Crippen LogP contribution in [0.1, 0.15) is 36.2 Å². The number of hydrogen-bond donors (Lipinski definition) is 1. The van der Waals surface area contributed by atoms with Gasteiger partial charge in [-0.15, -0.1) is 0 Å². The zero-order valence-electron chi connectivity index (χ0n) is 18.5. The van der Waals surface area contributed by atoms with Gasteiger partial charge < -0.3 is 19.5 Å². The fraction of sp³-hybridized carbons (Fsp3) is 0.333. The van der Waals surface area contributed by atoms with Crippen LogP contribution >= 0.6 is 0 Å². The molecule has 174 valence electrons. The lowest BCUT2D eigenvalue weighted by molar-refractivity contribution is -0.150.